The van der Waals surface area contributed by atoms with Crippen molar-refractivity contribution in [3.8, 4) is 22.4 Å². The van der Waals surface area contributed by atoms with Crippen molar-refractivity contribution in [3.63, 3.8) is 0 Å². The zero-order valence-corrected chi connectivity index (χ0v) is 25.6. The number of anilines is 1. The van der Waals surface area contributed by atoms with Crippen LogP contribution in [0.5, 0.6) is 0 Å². The van der Waals surface area contributed by atoms with Gasteiger partial charge >= 0.3 is 0 Å². The number of hydrogen-bond acceptors (Lipinski definition) is 10. The van der Waals surface area contributed by atoms with Gasteiger partial charge in [-0.15, -0.1) is 17.5 Å². The van der Waals surface area contributed by atoms with Gasteiger partial charge in [-0.1, -0.05) is 17.3 Å². The first-order chi connectivity index (χ1) is 21.0. The highest BCUT2D eigenvalue weighted by atomic mass is 35.5. The maximum absolute atomic E-state index is 12.9. The van der Waals surface area contributed by atoms with Crippen LogP contribution < -0.4 is 4.90 Å². The Labute approximate surface area is 261 Å². The molecule has 2 aliphatic heterocycles. The summed E-state index contributed by atoms with van der Waals surface area (Å²) in [6.45, 7) is 5.76. The van der Waals surface area contributed by atoms with E-state index in [0.29, 0.717) is 29.3 Å². The Bertz CT molecular complexity index is 1730. The maximum Gasteiger partial charge on any atom is 0.253 e. The van der Waals surface area contributed by atoms with Crippen LogP contribution in [-0.2, 0) is 13.6 Å². The van der Waals surface area contributed by atoms with E-state index >= 15 is 0 Å². The number of fused-ring (bicyclic) bond motifs is 1. The molecular weight excluding hydrogens is 580 g/mol. The van der Waals surface area contributed by atoms with Crippen molar-refractivity contribution in [2.24, 2.45) is 13.0 Å². The number of piperazine rings is 1. The summed E-state index contributed by atoms with van der Waals surface area (Å²) in [6, 6.07) is 7.75. The molecule has 0 spiro atoms. The van der Waals surface area contributed by atoms with Gasteiger partial charge in [0.15, 0.2) is 5.65 Å². The fraction of sp³-hybridized carbons (Fsp3) is 0.400. The Hall–Kier alpha value is -4.49. The van der Waals surface area contributed by atoms with E-state index in [1.165, 1.54) is 0 Å². The number of rotatable bonds is 6. The summed E-state index contributed by atoms with van der Waals surface area (Å²) in [5.74, 6) is 1.15. The third kappa shape index (κ3) is 6.10. The van der Waals surface area contributed by atoms with Crippen LogP contribution in [0.25, 0.3) is 33.7 Å². The van der Waals surface area contributed by atoms with Crippen LogP contribution in [0, 0.1) is 5.92 Å². The number of piperidine rings is 1. The number of amides is 1. The van der Waals surface area contributed by atoms with Crippen LogP contribution in [0.3, 0.4) is 0 Å². The molecule has 4 aromatic heterocycles. The number of aryl methyl sites for hydroxylation is 1. The monoisotopic (exact) mass is 614 g/mol. The summed E-state index contributed by atoms with van der Waals surface area (Å²) in [5.41, 5.74) is 5.50. The molecule has 2 aliphatic rings. The van der Waals surface area contributed by atoms with Crippen molar-refractivity contribution in [3.05, 3.63) is 60.8 Å². The fourth-order valence-corrected chi connectivity index (χ4v) is 5.84. The molecular formula is C30H35ClN12O. The fourth-order valence-electron chi connectivity index (χ4n) is 5.84. The number of nitrogens with zero attached hydrogens (tertiary/aromatic N) is 12. The van der Waals surface area contributed by atoms with Crippen LogP contribution in [0.1, 0.15) is 23.2 Å². The molecule has 0 radical (unpaired) electrons. The van der Waals surface area contributed by atoms with Crippen LogP contribution in [-0.4, -0.2) is 107 Å². The van der Waals surface area contributed by atoms with E-state index in [4.69, 9.17) is 15.0 Å². The summed E-state index contributed by atoms with van der Waals surface area (Å²) >= 11 is 0. The van der Waals surface area contributed by atoms with Crippen molar-refractivity contribution < 1.29 is 4.79 Å². The minimum absolute atomic E-state index is 0. The van der Waals surface area contributed by atoms with E-state index < -0.39 is 0 Å². The molecule has 2 saturated heterocycles. The quantitative estimate of drug-likeness (QED) is 0.282. The first-order valence-corrected chi connectivity index (χ1v) is 14.7. The Morgan fingerprint density at radius 2 is 1.66 bits per heavy atom. The second-order valence-corrected chi connectivity index (χ2v) is 11.5. The molecule has 0 unspecified atom stereocenters. The minimum Gasteiger partial charge on any atom is -0.340 e. The number of carbonyl (C=O) groups is 1. The van der Waals surface area contributed by atoms with Crippen LogP contribution in [0.4, 0.5) is 5.95 Å². The molecule has 0 N–H and O–H groups in total. The van der Waals surface area contributed by atoms with E-state index in [0.717, 1.165) is 80.4 Å². The van der Waals surface area contributed by atoms with Crippen molar-refractivity contribution in [1.29, 1.82) is 0 Å². The molecule has 5 aromatic rings. The van der Waals surface area contributed by atoms with Gasteiger partial charge in [-0.05, 0) is 43.5 Å². The van der Waals surface area contributed by atoms with E-state index in [9.17, 15) is 4.79 Å². The van der Waals surface area contributed by atoms with Crippen LogP contribution in [0.15, 0.2) is 55.2 Å². The van der Waals surface area contributed by atoms with E-state index in [1.54, 1.807) is 17.1 Å². The second kappa shape index (κ2) is 12.6. The highest BCUT2D eigenvalue weighted by Crippen LogP contribution is 2.25. The summed E-state index contributed by atoms with van der Waals surface area (Å²) in [5, 5.41) is 12.8. The molecule has 14 heteroatoms. The van der Waals surface area contributed by atoms with Gasteiger partial charge in [0, 0.05) is 88.1 Å². The highest BCUT2D eigenvalue weighted by molar-refractivity contribution is 5.94. The zero-order valence-electron chi connectivity index (χ0n) is 24.8. The number of hydrogen-bond donors (Lipinski definition) is 0. The molecule has 0 aliphatic carbocycles. The molecule has 1 atom stereocenters. The van der Waals surface area contributed by atoms with Gasteiger partial charge in [-0.3, -0.25) is 9.48 Å². The number of halogens is 1. The van der Waals surface area contributed by atoms with Gasteiger partial charge in [0.1, 0.15) is 0 Å². The zero-order chi connectivity index (χ0) is 29.3. The smallest absolute Gasteiger partial charge is 0.253 e. The van der Waals surface area contributed by atoms with Crippen LogP contribution in [0.2, 0.25) is 0 Å². The molecule has 44 heavy (non-hydrogen) atoms. The first kappa shape index (κ1) is 29.6. The van der Waals surface area contributed by atoms with Crippen molar-refractivity contribution >= 4 is 35.6 Å². The Morgan fingerprint density at radius 1 is 0.886 bits per heavy atom. The molecule has 7 rings (SSSR count). The SMILES string of the molecule is CN1CCN(C(=O)c2ccc(-c3cnc(N4CCC[C@@H](Cn5nnc6ncc(-c7cnn(C)c7)nc65)C4)nc3)cc2)CC1.Cl. The molecule has 0 bridgehead atoms. The number of aromatic nitrogens is 9. The minimum atomic E-state index is 0. The maximum atomic E-state index is 12.9. The van der Waals surface area contributed by atoms with E-state index in [1.807, 2.05) is 59.5 Å². The third-order valence-electron chi connectivity index (χ3n) is 8.35. The van der Waals surface area contributed by atoms with Gasteiger partial charge in [0.2, 0.25) is 11.6 Å². The summed E-state index contributed by atoms with van der Waals surface area (Å²) in [7, 11) is 3.97. The van der Waals surface area contributed by atoms with Gasteiger partial charge in [-0.25, -0.2) is 24.6 Å². The molecule has 228 valence electrons. The Balaban J connectivity index is 0.00000343. The lowest BCUT2D eigenvalue weighted by atomic mass is 9.98. The average Bonchev–Trinajstić information content (AvgIpc) is 3.67. The highest BCUT2D eigenvalue weighted by Gasteiger charge is 2.24. The van der Waals surface area contributed by atoms with E-state index in [-0.39, 0.29) is 18.3 Å². The van der Waals surface area contributed by atoms with Gasteiger partial charge in [0.05, 0.1) is 18.1 Å². The van der Waals surface area contributed by atoms with Gasteiger partial charge in [-0.2, -0.15) is 5.10 Å². The number of likely N-dealkylation sites (N-methyl/N-ethyl adjacent to an activating group) is 1. The second-order valence-electron chi connectivity index (χ2n) is 11.5. The predicted molar refractivity (Wildman–Crippen MR) is 168 cm³/mol. The Kier molecular flexibility index (Phi) is 8.49. The van der Waals surface area contributed by atoms with Crippen molar-refractivity contribution in [2.45, 2.75) is 19.4 Å². The number of carbonyl (C=O) groups excluding carboxylic acids is 1. The van der Waals surface area contributed by atoms with Gasteiger partial charge < -0.3 is 14.7 Å². The molecule has 13 nitrogen and oxygen atoms in total. The molecule has 6 heterocycles. The van der Waals surface area contributed by atoms with E-state index in [2.05, 4.69) is 37.2 Å². The summed E-state index contributed by atoms with van der Waals surface area (Å²) in [4.78, 5) is 38.0. The van der Waals surface area contributed by atoms with Crippen molar-refractivity contribution in [2.75, 3.05) is 51.2 Å². The standard InChI is InChI=1S/C30H34N12O.ClH/c1-38-10-12-40(13-11-38)29(43)23-7-5-22(6-8-23)24-14-32-30(33-15-24)41-9-3-4-21(18-41)19-42-28-27(36-37-42)31-17-26(35-28)25-16-34-39(2)20-25;/h5-8,14-17,20-21H,3-4,9-13,18-19H2,1-2H3;1H/t21-;/m1./s1. The Morgan fingerprint density at radius 3 is 2.39 bits per heavy atom. The van der Waals surface area contributed by atoms with Gasteiger partial charge in [0.25, 0.3) is 5.91 Å². The number of benzene rings is 1. The first-order valence-electron chi connectivity index (χ1n) is 14.7. The summed E-state index contributed by atoms with van der Waals surface area (Å²) in [6.07, 6.45) is 11.2. The average molecular weight is 615 g/mol. The lowest BCUT2D eigenvalue weighted by Crippen LogP contribution is -2.47. The largest absolute Gasteiger partial charge is 0.340 e. The van der Waals surface area contributed by atoms with Crippen LogP contribution >= 0.6 is 12.4 Å². The molecule has 0 saturated carbocycles. The topological polar surface area (TPSA) is 127 Å². The lowest BCUT2D eigenvalue weighted by molar-refractivity contribution is 0.0664. The third-order valence-corrected chi connectivity index (χ3v) is 8.35. The summed E-state index contributed by atoms with van der Waals surface area (Å²) < 4.78 is 3.61. The normalized spacial score (nSPS) is 17.5. The predicted octanol–water partition coefficient (Wildman–Crippen LogP) is 2.80. The molecule has 2 fully saturated rings. The van der Waals surface area contributed by atoms with Crippen molar-refractivity contribution in [1.82, 2.24) is 54.5 Å². The molecule has 1 aromatic carbocycles. The molecule has 1 amide bonds. The lowest BCUT2D eigenvalue weighted by Gasteiger charge is -2.32.